The highest BCUT2D eigenvalue weighted by atomic mass is 32.1. The Morgan fingerprint density at radius 2 is 2.71 bits per heavy atom. The summed E-state index contributed by atoms with van der Waals surface area (Å²) in [5.41, 5.74) is 1.03. The Kier molecular flexibility index (Phi) is 3.44. The van der Waals surface area contributed by atoms with Gasteiger partial charge < -0.3 is 10.1 Å². The van der Waals surface area contributed by atoms with E-state index in [0.29, 0.717) is 12.0 Å². The third-order valence-electron chi connectivity index (χ3n) is 2.68. The smallest absolute Gasteiger partial charge is 0.0893 e. The van der Waals surface area contributed by atoms with Crippen molar-refractivity contribution in [2.45, 2.75) is 25.9 Å². The number of aromatic nitrogens is 2. The van der Waals surface area contributed by atoms with Gasteiger partial charge in [-0.2, -0.15) is 0 Å². The second-order valence-electron chi connectivity index (χ2n) is 3.69. The van der Waals surface area contributed by atoms with Gasteiger partial charge in [-0.05, 0) is 30.8 Å². The quantitative estimate of drug-likeness (QED) is 0.812. The lowest BCUT2D eigenvalue weighted by Crippen LogP contribution is -2.33. The zero-order valence-corrected chi connectivity index (χ0v) is 9.09. The number of nitrogens with one attached hydrogen (secondary N) is 1. The third-order valence-corrected chi connectivity index (χ3v) is 3.24. The van der Waals surface area contributed by atoms with Crippen LogP contribution in [0, 0.1) is 5.92 Å². The van der Waals surface area contributed by atoms with Crippen molar-refractivity contribution in [1.82, 2.24) is 14.9 Å². The zero-order valence-electron chi connectivity index (χ0n) is 8.27. The van der Waals surface area contributed by atoms with E-state index in [1.165, 1.54) is 18.0 Å². The molecule has 0 aromatic carbocycles. The SMILES string of the molecule is CC(NCc1csnn1)C1CCOC1. The van der Waals surface area contributed by atoms with Crippen LogP contribution < -0.4 is 5.32 Å². The minimum absolute atomic E-state index is 0.499. The summed E-state index contributed by atoms with van der Waals surface area (Å²) in [6.07, 6.45) is 1.17. The van der Waals surface area contributed by atoms with Gasteiger partial charge in [-0.15, -0.1) is 5.10 Å². The van der Waals surface area contributed by atoms with E-state index in [-0.39, 0.29) is 0 Å². The second-order valence-corrected chi connectivity index (χ2v) is 4.30. The standard InChI is InChI=1S/C9H15N3OS/c1-7(8-2-3-13-5-8)10-4-9-6-14-12-11-9/h6-8,10H,2-5H2,1H3. The van der Waals surface area contributed by atoms with E-state index in [1.807, 2.05) is 5.38 Å². The molecule has 1 aliphatic rings. The Hall–Kier alpha value is -0.520. The Balaban J connectivity index is 1.74. The predicted octanol–water partition coefficient (Wildman–Crippen LogP) is 1.05. The Morgan fingerprint density at radius 1 is 1.79 bits per heavy atom. The molecule has 0 radical (unpaired) electrons. The number of nitrogens with zero attached hydrogens (tertiary/aromatic N) is 2. The summed E-state index contributed by atoms with van der Waals surface area (Å²) in [5.74, 6) is 0.654. The highest BCUT2D eigenvalue weighted by Crippen LogP contribution is 2.16. The molecule has 0 bridgehead atoms. The molecule has 0 spiro atoms. The fourth-order valence-corrected chi connectivity index (χ4v) is 2.09. The van der Waals surface area contributed by atoms with Crippen molar-refractivity contribution in [3.63, 3.8) is 0 Å². The summed E-state index contributed by atoms with van der Waals surface area (Å²) in [4.78, 5) is 0. The molecule has 1 aromatic heterocycles. The van der Waals surface area contributed by atoms with E-state index >= 15 is 0 Å². The van der Waals surface area contributed by atoms with E-state index in [4.69, 9.17) is 4.74 Å². The molecule has 1 aliphatic heterocycles. The van der Waals surface area contributed by atoms with Gasteiger partial charge in [0.25, 0.3) is 0 Å². The van der Waals surface area contributed by atoms with Crippen molar-refractivity contribution < 1.29 is 4.74 Å². The summed E-state index contributed by atoms with van der Waals surface area (Å²) in [6, 6.07) is 0.499. The van der Waals surface area contributed by atoms with Crippen molar-refractivity contribution in [3.05, 3.63) is 11.1 Å². The molecule has 5 heteroatoms. The lowest BCUT2D eigenvalue weighted by atomic mass is 10.0. The molecule has 1 fully saturated rings. The van der Waals surface area contributed by atoms with Crippen LogP contribution in [0.1, 0.15) is 19.0 Å². The highest BCUT2D eigenvalue weighted by Gasteiger charge is 2.21. The van der Waals surface area contributed by atoms with E-state index in [2.05, 4.69) is 21.8 Å². The Labute approximate surface area is 87.8 Å². The fraction of sp³-hybridized carbons (Fsp3) is 0.778. The first-order chi connectivity index (χ1) is 6.86. The summed E-state index contributed by atoms with van der Waals surface area (Å²) in [5, 5.41) is 9.42. The minimum Gasteiger partial charge on any atom is -0.381 e. The normalized spacial score (nSPS) is 23.9. The van der Waals surface area contributed by atoms with Crippen LogP contribution in [0.4, 0.5) is 0 Å². The molecule has 1 aromatic rings. The largest absolute Gasteiger partial charge is 0.381 e. The van der Waals surface area contributed by atoms with Gasteiger partial charge >= 0.3 is 0 Å². The molecule has 1 saturated heterocycles. The average Bonchev–Trinajstić information content (AvgIpc) is 2.87. The van der Waals surface area contributed by atoms with Crippen molar-refractivity contribution >= 4 is 11.5 Å². The van der Waals surface area contributed by atoms with Crippen LogP contribution >= 0.6 is 11.5 Å². The van der Waals surface area contributed by atoms with Crippen LogP contribution in [0.3, 0.4) is 0 Å². The molecule has 14 heavy (non-hydrogen) atoms. The van der Waals surface area contributed by atoms with Crippen LogP contribution in [0.5, 0.6) is 0 Å². The van der Waals surface area contributed by atoms with Crippen LogP contribution in [0.15, 0.2) is 5.38 Å². The number of ether oxygens (including phenoxy) is 1. The van der Waals surface area contributed by atoms with Gasteiger partial charge in [0.15, 0.2) is 0 Å². The van der Waals surface area contributed by atoms with Gasteiger partial charge in [0.1, 0.15) is 0 Å². The van der Waals surface area contributed by atoms with Crippen molar-refractivity contribution in [1.29, 1.82) is 0 Å². The van der Waals surface area contributed by atoms with E-state index < -0.39 is 0 Å². The lowest BCUT2D eigenvalue weighted by molar-refractivity contribution is 0.178. The average molecular weight is 213 g/mol. The molecule has 0 amide bonds. The number of rotatable bonds is 4. The molecule has 4 nitrogen and oxygen atoms in total. The minimum atomic E-state index is 0.499. The number of hydrogen-bond acceptors (Lipinski definition) is 5. The first kappa shape index (κ1) is 10.0. The Morgan fingerprint density at radius 3 is 3.36 bits per heavy atom. The van der Waals surface area contributed by atoms with Gasteiger partial charge in [-0.3, -0.25) is 0 Å². The van der Waals surface area contributed by atoms with Crippen molar-refractivity contribution in [2.24, 2.45) is 5.92 Å². The Bertz CT molecular complexity index is 259. The topological polar surface area (TPSA) is 47.0 Å². The fourth-order valence-electron chi connectivity index (χ4n) is 1.64. The second kappa shape index (κ2) is 4.82. The van der Waals surface area contributed by atoms with Crippen LogP contribution in [0.2, 0.25) is 0 Å². The monoisotopic (exact) mass is 213 g/mol. The number of hydrogen-bond donors (Lipinski definition) is 1. The first-order valence-electron chi connectivity index (χ1n) is 4.93. The molecule has 0 aliphatic carbocycles. The summed E-state index contributed by atoms with van der Waals surface area (Å²) in [7, 11) is 0. The van der Waals surface area contributed by atoms with Crippen LogP contribution in [-0.2, 0) is 11.3 Å². The maximum Gasteiger partial charge on any atom is 0.0893 e. The summed E-state index contributed by atoms with van der Waals surface area (Å²) < 4.78 is 9.17. The summed E-state index contributed by atoms with van der Waals surface area (Å²) >= 11 is 1.40. The highest BCUT2D eigenvalue weighted by molar-refractivity contribution is 7.03. The maximum absolute atomic E-state index is 5.35. The predicted molar refractivity (Wildman–Crippen MR) is 55.1 cm³/mol. The molecule has 0 saturated carbocycles. The van der Waals surface area contributed by atoms with Gasteiger partial charge in [0.2, 0.25) is 0 Å². The van der Waals surface area contributed by atoms with E-state index in [0.717, 1.165) is 25.5 Å². The molecular formula is C9H15N3OS. The van der Waals surface area contributed by atoms with Gasteiger partial charge in [0.05, 0.1) is 12.3 Å². The molecule has 2 rings (SSSR count). The van der Waals surface area contributed by atoms with Crippen LogP contribution in [-0.4, -0.2) is 28.8 Å². The molecule has 1 N–H and O–H groups in total. The van der Waals surface area contributed by atoms with Crippen molar-refractivity contribution in [3.8, 4) is 0 Å². The third kappa shape index (κ3) is 2.50. The van der Waals surface area contributed by atoms with E-state index in [9.17, 15) is 0 Å². The van der Waals surface area contributed by atoms with Gasteiger partial charge in [0, 0.05) is 24.6 Å². The maximum atomic E-state index is 5.35. The van der Waals surface area contributed by atoms with E-state index in [1.54, 1.807) is 0 Å². The molecule has 78 valence electrons. The van der Waals surface area contributed by atoms with Gasteiger partial charge in [-0.25, -0.2) is 0 Å². The molecule has 2 heterocycles. The lowest BCUT2D eigenvalue weighted by Gasteiger charge is -2.18. The van der Waals surface area contributed by atoms with Crippen LogP contribution in [0.25, 0.3) is 0 Å². The molecule has 2 atom stereocenters. The zero-order chi connectivity index (χ0) is 9.80. The molecule has 2 unspecified atom stereocenters. The molecular weight excluding hydrogens is 198 g/mol. The summed E-state index contributed by atoms with van der Waals surface area (Å²) in [6.45, 7) is 4.83. The van der Waals surface area contributed by atoms with Gasteiger partial charge in [-0.1, -0.05) is 4.49 Å². The van der Waals surface area contributed by atoms with Crippen molar-refractivity contribution in [2.75, 3.05) is 13.2 Å². The first-order valence-corrected chi connectivity index (χ1v) is 5.77.